The highest BCUT2D eigenvalue weighted by atomic mass is 16.6. The van der Waals surface area contributed by atoms with Crippen LogP contribution in [0.1, 0.15) is 226 Å². The Labute approximate surface area is 484 Å². The van der Waals surface area contributed by atoms with Gasteiger partial charge in [-0.25, -0.2) is 0 Å². The molecule has 0 fully saturated rings. The SMILES string of the molecule is CC/C=C\C/C=C\C/C=C\C/C=C\C/C=C\C/C=C\C/C=C\C/C=C\C/C=C\C/C=C\CCCCCCC(=O)OCC(COC(=O)CCCCCCC)OC(=O)CCCC/C=C\C/C=C\C/C=C\C/C=C\C/C=C\C/C=C\CC. The van der Waals surface area contributed by atoms with E-state index < -0.39 is 6.10 Å². The van der Waals surface area contributed by atoms with Gasteiger partial charge in [0.25, 0.3) is 0 Å². The quantitative estimate of drug-likeness (QED) is 0.0261. The molecule has 0 heterocycles. The van der Waals surface area contributed by atoms with E-state index >= 15 is 0 Å². The number of hydrogen-bond acceptors (Lipinski definition) is 6. The summed E-state index contributed by atoms with van der Waals surface area (Å²) in [6.07, 6.45) is 99.1. The Morgan fingerprint density at radius 2 is 0.494 bits per heavy atom. The van der Waals surface area contributed by atoms with Crippen LogP contribution in [0.15, 0.2) is 194 Å². The predicted molar refractivity (Wildman–Crippen MR) is 343 cm³/mol. The fourth-order valence-corrected chi connectivity index (χ4v) is 7.53. The Balaban J connectivity index is 4.23. The molecule has 0 spiro atoms. The number of carbonyl (C=O) groups is 3. The van der Waals surface area contributed by atoms with Gasteiger partial charge in [0.05, 0.1) is 0 Å². The van der Waals surface area contributed by atoms with Crippen LogP contribution in [-0.4, -0.2) is 37.2 Å². The van der Waals surface area contributed by atoms with E-state index in [2.05, 4.69) is 215 Å². The second kappa shape index (κ2) is 64.8. The highest BCUT2D eigenvalue weighted by Gasteiger charge is 2.19. The molecular formula is C73H110O6. The maximum atomic E-state index is 12.8. The van der Waals surface area contributed by atoms with E-state index in [4.69, 9.17) is 14.2 Å². The maximum absolute atomic E-state index is 12.8. The number of allylic oxidation sites excluding steroid dienone is 32. The zero-order valence-electron chi connectivity index (χ0n) is 50.0. The lowest BCUT2D eigenvalue weighted by atomic mass is 10.1. The van der Waals surface area contributed by atoms with Crippen LogP contribution in [0.2, 0.25) is 0 Å². The van der Waals surface area contributed by atoms with E-state index in [0.717, 1.165) is 180 Å². The summed E-state index contributed by atoms with van der Waals surface area (Å²) in [5.74, 6) is -1.01. The predicted octanol–water partition coefficient (Wildman–Crippen LogP) is 21.4. The molecule has 0 aromatic rings. The van der Waals surface area contributed by atoms with Crippen LogP contribution in [0.25, 0.3) is 0 Å². The molecule has 0 radical (unpaired) electrons. The van der Waals surface area contributed by atoms with Gasteiger partial charge in [-0.05, 0) is 148 Å². The molecule has 1 atom stereocenters. The van der Waals surface area contributed by atoms with E-state index in [1.54, 1.807) is 0 Å². The van der Waals surface area contributed by atoms with Crippen molar-refractivity contribution in [2.24, 2.45) is 0 Å². The molecule has 0 aliphatic rings. The van der Waals surface area contributed by atoms with Crippen LogP contribution in [0.3, 0.4) is 0 Å². The van der Waals surface area contributed by atoms with Gasteiger partial charge in [-0.1, -0.05) is 254 Å². The molecule has 79 heavy (non-hydrogen) atoms. The number of hydrogen-bond donors (Lipinski definition) is 0. The van der Waals surface area contributed by atoms with Crippen molar-refractivity contribution in [2.45, 2.75) is 232 Å². The molecular weight excluding hydrogens is 973 g/mol. The topological polar surface area (TPSA) is 78.9 Å². The molecule has 1 unspecified atom stereocenters. The summed E-state index contributed by atoms with van der Waals surface area (Å²) in [5.41, 5.74) is 0. The second-order valence-corrected chi connectivity index (χ2v) is 19.5. The fourth-order valence-electron chi connectivity index (χ4n) is 7.53. The number of rotatable bonds is 53. The summed E-state index contributed by atoms with van der Waals surface area (Å²) < 4.78 is 16.7. The molecule has 0 amide bonds. The average Bonchev–Trinajstić information content (AvgIpc) is 3.45. The van der Waals surface area contributed by atoms with Gasteiger partial charge in [0.2, 0.25) is 0 Å². The minimum Gasteiger partial charge on any atom is -0.462 e. The Morgan fingerprint density at radius 1 is 0.266 bits per heavy atom. The van der Waals surface area contributed by atoms with Crippen molar-refractivity contribution >= 4 is 17.9 Å². The van der Waals surface area contributed by atoms with Crippen molar-refractivity contribution in [3.05, 3.63) is 194 Å². The summed E-state index contributed by atoms with van der Waals surface area (Å²) in [7, 11) is 0. The van der Waals surface area contributed by atoms with E-state index in [9.17, 15) is 14.4 Å². The summed E-state index contributed by atoms with van der Waals surface area (Å²) >= 11 is 0. The highest BCUT2D eigenvalue weighted by Crippen LogP contribution is 2.11. The lowest BCUT2D eigenvalue weighted by Gasteiger charge is -2.18. The number of ether oxygens (including phenoxy) is 3. The summed E-state index contributed by atoms with van der Waals surface area (Å²) in [5, 5.41) is 0. The van der Waals surface area contributed by atoms with Crippen LogP contribution >= 0.6 is 0 Å². The van der Waals surface area contributed by atoms with Gasteiger partial charge in [-0.3, -0.25) is 14.4 Å². The van der Waals surface area contributed by atoms with Crippen molar-refractivity contribution in [3.8, 4) is 0 Å². The van der Waals surface area contributed by atoms with Gasteiger partial charge < -0.3 is 14.2 Å². The number of unbranched alkanes of at least 4 members (excludes halogenated alkanes) is 10. The third kappa shape index (κ3) is 63.0. The van der Waals surface area contributed by atoms with E-state index in [1.807, 2.05) is 0 Å². The van der Waals surface area contributed by atoms with E-state index in [1.165, 1.54) is 0 Å². The first-order valence-electron chi connectivity index (χ1n) is 30.9. The van der Waals surface area contributed by atoms with Crippen LogP contribution in [0.4, 0.5) is 0 Å². The molecule has 0 aromatic carbocycles. The molecule has 0 aromatic heterocycles. The van der Waals surface area contributed by atoms with E-state index in [-0.39, 0.29) is 37.5 Å². The molecule has 0 aliphatic heterocycles. The standard InChI is InChI=1S/C73H110O6/c1-4-7-10-13-15-17-19-21-23-25-27-29-30-31-32-33-34-35-36-37-38-39-40-41-42-44-45-47-49-51-53-55-57-60-63-66-72(75)78-69-70(68-77-71(74)65-62-59-12-9-6-3)79-73(76)67-64-61-58-56-54-52-50-48-46-43-28-26-24-22-20-18-16-14-11-8-5-2/h7-8,10-11,15-18,21-24,27-29,31-32,34-35,37-38,40-41,43-45,48-51,54,56,70H,4-6,9,12-14,19-20,25-26,30,33,36,39,42,46-47,52-53,55,57-69H2,1-3H3/b10-7-,11-8-,17-15-,18-16-,23-21-,24-22-,29-27-,32-31-,35-34-,38-37-,41-40-,43-28-,45-44-,50-48-,51-49-,56-54-. The third-order valence-corrected chi connectivity index (χ3v) is 12.1. The van der Waals surface area contributed by atoms with Gasteiger partial charge in [-0.15, -0.1) is 0 Å². The first-order valence-corrected chi connectivity index (χ1v) is 30.9. The molecule has 0 aliphatic carbocycles. The minimum atomic E-state index is -0.819. The van der Waals surface area contributed by atoms with Crippen molar-refractivity contribution < 1.29 is 28.6 Å². The van der Waals surface area contributed by atoms with Crippen molar-refractivity contribution in [1.82, 2.24) is 0 Å². The van der Waals surface area contributed by atoms with Crippen LogP contribution in [0, 0.1) is 0 Å². The molecule has 438 valence electrons. The van der Waals surface area contributed by atoms with Crippen LogP contribution < -0.4 is 0 Å². The first kappa shape index (κ1) is 73.2. The molecule has 0 N–H and O–H groups in total. The third-order valence-electron chi connectivity index (χ3n) is 12.1. The normalized spacial score (nSPS) is 13.5. The number of carbonyl (C=O) groups excluding carboxylic acids is 3. The second-order valence-electron chi connectivity index (χ2n) is 19.5. The van der Waals surface area contributed by atoms with Gasteiger partial charge in [0, 0.05) is 19.3 Å². The average molecular weight is 1080 g/mol. The first-order chi connectivity index (χ1) is 39.0. The Hall–Kier alpha value is -5.75. The maximum Gasteiger partial charge on any atom is 0.306 e. The fraction of sp³-hybridized carbons (Fsp3) is 0.521. The molecule has 0 saturated heterocycles. The summed E-state index contributed by atoms with van der Waals surface area (Å²) in [6, 6.07) is 0. The zero-order valence-corrected chi connectivity index (χ0v) is 50.0. The van der Waals surface area contributed by atoms with Gasteiger partial charge in [0.15, 0.2) is 6.10 Å². The summed E-state index contributed by atoms with van der Waals surface area (Å²) in [4.78, 5) is 37.8. The molecule has 0 rings (SSSR count). The highest BCUT2D eigenvalue weighted by molar-refractivity contribution is 5.71. The lowest BCUT2D eigenvalue weighted by Crippen LogP contribution is -2.30. The number of esters is 3. The molecule has 0 saturated carbocycles. The van der Waals surface area contributed by atoms with Gasteiger partial charge >= 0.3 is 17.9 Å². The van der Waals surface area contributed by atoms with E-state index in [0.29, 0.717) is 19.3 Å². The van der Waals surface area contributed by atoms with Crippen LogP contribution in [0.5, 0.6) is 0 Å². The Kier molecular flexibility index (Phi) is 60.1. The van der Waals surface area contributed by atoms with Crippen molar-refractivity contribution in [3.63, 3.8) is 0 Å². The summed E-state index contributed by atoms with van der Waals surface area (Å²) in [6.45, 7) is 6.24. The van der Waals surface area contributed by atoms with Crippen molar-refractivity contribution in [1.29, 1.82) is 0 Å². The van der Waals surface area contributed by atoms with Gasteiger partial charge in [-0.2, -0.15) is 0 Å². The monoisotopic (exact) mass is 1080 g/mol. The minimum absolute atomic E-state index is 0.114. The van der Waals surface area contributed by atoms with Crippen molar-refractivity contribution in [2.75, 3.05) is 13.2 Å². The van der Waals surface area contributed by atoms with Gasteiger partial charge in [0.1, 0.15) is 13.2 Å². The van der Waals surface area contributed by atoms with Crippen LogP contribution in [-0.2, 0) is 28.6 Å². The smallest absolute Gasteiger partial charge is 0.306 e. The zero-order chi connectivity index (χ0) is 57.1. The lowest BCUT2D eigenvalue weighted by molar-refractivity contribution is -0.167. The molecule has 6 heteroatoms. The Morgan fingerprint density at radius 3 is 0.785 bits per heavy atom. The largest absolute Gasteiger partial charge is 0.462 e. The molecule has 0 bridgehead atoms. The Bertz CT molecular complexity index is 1920. The molecule has 6 nitrogen and oxygen atoms in total.